The highest BCUT2D eigenvalue weighted by Crippen LogP contribution is 2.26. The molecule has 0 spiro atoms. The lowest BCUT2D eigenvalue weighted by atomic mass is 10.0. The Morgan fingerprint density at radius 1 is 1.00 bits per heavy atom. The first kappa shape index (κ1) is 10.7. The van der Waals surface area contributed by atoms with Crippen molar-refractivity contribution >= 4 is 0 Å². The van der Waals surface area contributed by atoms with Crippen LogP contribution in [-0.2, 0) is 0 Å². The lowest BCUT2D eigenvalue weighted by molar-refractivity contribution is 0.628. The van der Waals surface area contributed by atoms with E-state index in [0.717, 1.165) is 16.8 Å². The Kier molecular flexibility index (Phi) is 2.65. The van der Waals surface area contributed by atoms with Gasteiger partial charge in [0.1, 0.15) is 5.82 Å². The summed E-state index contributed by atoms with van der Waals surface area (Å²) >= 11 is 0. The van der Waals surface area contributed by atoms with Crippen LogP contribution in [0.25, 0.3) is 16.8 Å². The monoisotopic (exact) mass is 238 g/mol. The van der Waals surface area contributed by atoms with Crippen LogP contribution in [0, 0.1) is 5.82 Å². The molecule has 1 heterocycles. The molecule has 2 nitrogen and oxygen atoms in total. The molecule has 88 valence electrons. The van der Waals surface area contributed by atoms with Crippen molar-refractivity contribution in [1.82, 2.24) is 9.55 Å². The molecule has 0 N–H and O–H groups in total. The summed E-state index contributed by atoms with van der Waals surface area (Å²) in [5.41, 5.74) is 2.83. The van der Waals surface area contributed by atoms with E-state index in [1.165, 1.54) is 12.1 Å². The van der Waals surface area contributed by atoms with Gasteiger partial charge in [0.15, 0.2) is 0 Å². The summed E-state index contributed by atoms with van der Waals surface area (Å²) in [4.78, 5) is 4.04. The SMILES string of the molecule is Fc1cccc(-c2ccccc2-n2ccnc2)c1. The van der Waals surface area contributed by atoms with Crippen LogP contribution in [0.15, 0.2) is 67.3 Å². The normalized spacial score (nSPS) is 10.5. The van der Waals surface area contributed by atoms with Gasteiger partial charge in [-0.25, -0.2) is 9.37 Å². The van der Waals surface area contributed by atoms with E-state index >= 15 is 0 Å². The van der Waals surface area contributed by atoms with Crippen LogP contribution >= 0.6 is 0 Å². The average molecular weight is 238 g/mol. The van der Waals surface area contributed by atoms with Crippen molar-refractivity contribution in [3.8, 4) is 16.8 Å². The predicted octanol–water partition coefficient (Wildman–Crippen LogP) is 3.68. The van der Waals surface area contributed by atoms with Crippen molar-refractivity contribution in [2.45, 2.75) is 0 Å². The van der Waals surface area contributed by atoms with E-state index in [1.807, 2.05) is 41.1 Å². The maximum absolute atomic E-state index is 13.3. The lowest BCUT2D eigenvalue weighted by Gasteiger charge is -2.10. The molecule has 0 bridgehead atoms. The van der Waals surface area contributed by atoms with Crippen LogP contribution in [0.3, 0.4) is 0 Å². The van der Waals surface area contributed by atoms with Crippen LogP contribution < -0.4 is 0 Å². The molecule has 3 aromatic rings. The van der Waals surface area contributed by atoms with Crippen LogP contribution in [0.1, 0.15) is 0 Å². The molecule has 0 saturated heterocycles. The number of nitrogens with zero attached hydrogens (tertiary/aromatic N) is 2. The van der Waals surface area contributed by atoms with Crippen molar-refractivity contribution in [1.29, 1.82) is 0 Å². The Morgan fingerprint density at radius 3 is 2.67 bits per heavy atom. The summed E-state index contributed by atoms with van der Waals surface area (Å²) in [5, 5.41) is 0. The van der Waals surface area contributed by atoms with E-state index in [4.69, 9.17) is 0 Å². The molecular weight excluding hydrogens is 227 g/mol. The highest BCUT2D eigenvalue weighted by molar-refractivity contribution is 5.72. The second-order valence-electron chi connectivity index (χ2n) is 4.00. The zero-order chi connectivity index (χ0) is 12.4. The van der Waals surface area contributed by atoms with E-state index in [0.29, 0.717) is 0 Å². The first-order valence-electron chi connectivity index (χ1n) is 5.68. The fourth-order valence-corrected chi connectivity index (χ4v) is 2.00. The number of hydrogen-bond donors (Lipinski definition) is 0. The van der Waals surface area contributed by atoms with Crippen molar-refractivity contribution < 1.29 is 4.39 Å². The standard InChI is InChI=1S/C15H11FN2/c16-13-5-3-4-12(10-13)14-6-1-2-7-15(14)18-9-8-17-11-18/h1-11H. The molecule has 0 aliphatic carbocycles. The summed E-state index contributed by atoms with van der Waals surface area (Å²) in [6, 6.07) is 14.5. The third-order valence-corrected chi connectivity index (χ3v) is 2.82. The van der Waals surface area contributed by atoms with Gasteiger partial charge in [0.25, 0.3) is 0 Å². The number of rotatable bonds is 2. The fraction of sp³-hybridized carbons (Fsp3) is 0. The third kappa shape index (κ3) is 1.91. The van der Waals surface area contributed by atoms with Gasteiger partial charge in [-0.15, -0.1) is 0 Å². The summed E-state index contributed by atoms with van der Waals surface area (Å²) < 4.78 is 15.2. The predicted molar refractivity (Wildman–Crippen MR) is 69.0 cm³/mol. The second kappa shape index (κ2) is 4.45. The molecule has 18 heavy (non-hydrogen) atoms. The maximum Gasteiger partial charge on any atom is 0.123 e. The maximum atomic E-state index is 13.3. The number of hydrogen-bond acceptors (Lipinski definition) is 1. The quantitative estimate of drug-likeness (QED) is 0.666. The fourth-order valence-electron chi connectivity index (χ4n) is 2.00. The first-order valence-corrected chi connectivity index (χ1v) is 5.68. The third-order valence-electron chi connectivity index (χ3n) is 2.82. The zero-order valence-corrected chi connectivity index (χ0v) is 9.62. The molecule has 2 aromatic carbocycles. The molecule has 0 atom stereocenters. The molecule has 3 rings (SSSR count). The van der Waals surface area contributed by atoms with Gasteiger partial charge in [0.2, 0.25) is 0 Å². The molecule has 0 aliphatic rings. The van der Waals surface area contributed by atoms with Crippen molar-refractivity contribution in [3.63, 3.8) is 0 Å². The highest BCUT2D eigenvalue weighted by atomic mass is 19.1. The lowest BCUT2D eigenvalue weighted by Crippen LogP contribution is -1.93. The van der Waals surface area contributed by atoms with Crippen LogP contribution in [0.2, 0.25) is 0 Å². The molecule has 0 amide bonds. The van der Waals surface area contributed by atoms with Gasteiger partial charge in [-0.2, -0.15) is 0 Å². The van der Waals surface area contributed by atoms with E-state index in [-0.39, 0.29) is 5.82 Å². The van der Waals surface area contributed by atoms with Gasteiger partial charge in [-0.05, 0) is 23.8 Å². The zero-order valence-electron chi connectivity index (χ0n) is 9.62. The van der Waals surface area contributed by atoms with Gasteiger partial charge >= 0.3 is 0 Å². The van der Waals surface area contributed by atoms with Crippen LogP contribution in [0.4, 0.5) is 4.39 Å². The molecule has 0 fully saturated rings. The molecular formula is C15H11FN2. The molecule has 0 saturated carbocycles. The van der Waals surface area contributed by atoms with Crippen LogP contribution in [-0.4, -0.2) is 9.55 Å². The minimum Gasteiger partial charge on any atom is -0.306 e. The van der Waals surface area contributed by atoms with Gasteiger partial charge in [-0.3, -0.25) is 0 Å². The van der Waals surface area contributed by atoms with E-state index in [2.05, 4.69) is 4.98 Å². The van der Waals surface area contributed by atoms with E-state index in [9.17, 15) is 4.39 Å². The molecule has 1 aromatic heterocycles. The van der Waals surface area contributed by atoms with E-state index in [1.54, 1.807) is 18.6 Å². The Bertz CT molecular complexity index is 660. The second-order valence-corrected chi connectivity index (χ2v) is 4.00. The smallest absolute Gasteiger partial charge is 0.123 e. The summed E-state index contributed by atoms with van der Waals surface area (Å²) in [6.07, 6.45) is 5.33. The Morgan fingerprint density at radius 2 is 1.89 bits per heavy atom. The largest absolute Gasteiger partial charge is 0.306 e. The molecule has 0 unspecified atom stereocenters. The molecule has 0 radical (unpaired) electrons. The number of halogens is 1. The highest BCUT2D eigenvalue weighted by Gasteiger charge is 2.06. The van der Waals surface area contributed by atoms with Crippen LogP contribution in [0.5, 0.6) is 0 Å². The van der Waals surface area contributed by atoms with Gasteiger partial charge in [-0.1, -0.05) is 30.3 Å². The Hall–Kier alpha value is -2.42. The number of imidazole rings is 1. The van der Waals surface area contributed by atoms with Gasteiger partial charge in [0, 0.05) is 18.0 Å². The summed E-state index contributed by atoms with van der Waals surface area (Å²) in [6.45, 7) is 0. The number of benzene rings is 2. The van der Waals surface area contributed by atoms with Crippen molar-refractivity contribution in [2.24, 2.45) is 0 Å². The average Bonchev–Trinajstić information content (AvgIpc) is 2.92. The van der Waals surface area contributed by atoms with E-state index < -0.39 is 0 Å². The first-order chi connectivity index (χ1) is 8.84. The van der Waals surface area contributed by atoms with Crippen molar-refractivity contribution in [2.75, 3.05) is 0 Å². The molecule has 0 aliphatic heterocycles. The Balaban J connectivity index is 2.18. The number of para-hydroxylation sites is 1. The molecule has 3 heteroatoms. The minimum atomic E-state index is -0.229. The number of aromatic nitrogens is 2. The summed E-state index contributed by atoms with van der Waals surface area (Å²) in [5.74, 6) is -0.229. The topological polar surface area (TPSA) is 17.8 Å². The van der Waals surface area contributed by atoms with Gasteiger partial charge in [0.05, 0.1) is 12.0 Å². The van der Waals surface area contributed by atoms with Gasteiger partial charge < -0.3 is 4.57 Å². The summed E-state index contributed by atoms with van der Waals surface area (Å²) in [7, 11) is 0. The Labute approximate surface area is 104 Å². The minimum absolute atomic E-state index is 0.229. The van der Waals surface area contributed by atoms with Crippen molar-refractivity contribution in [3.05, 3.63) is 73.1 Å².